The molecule has 5 heteroatoms. The first-order chi connectivity index (χ1) is 13.3. The fraction of sp³-hybridized carbons (Fsp3) is 0.318. The molecule has 0 spiro atoms. The van der Waals surface area contributed by atoms with E-state index < -0.39 is 0 Å². The van der Waals surface area contributed by atoms with Crippen molar-refractivity contribution in [3.05, 3.63) is 70.8 Å². The third kappa shape index (κ3) is 4.38. The molecule has 0 radical (unpaired) electrons. The molecule has 0 aliphatic carbocycles. The second-order valence-electron chi connectivity index (χ2n) is 6.84. The number of carbonyl (C=O) groups is 1. The molecule has 2 heterocycles. The summed E-state index contributed by atoms with van der Waals surface area (Å²) >= 11 is 0. The molecule has 4 rings (SSSR count). The van der Waals surface area contributed by atoms with Gasteiger partial charge in [-0.2, -0.15) is 0 Å². The van der Waals surface area contributed by atoms with Gasteiger partial charge in [0.1, 0.15) is 12.4 Å². The maximum atomic E-state index is 12.6. The minimum absolute atomic E-state index is 0.0781. The highest BCUT2D eigenvalue weighted by molar-refractivity contribution is 5.99. The van der Waals surface area contributed by atoms with E-state index in [0.29, 0.717) is 18.7 Å². The van der Waals surface area contributed by atoms with Crippen molar-refractivity contribution in [1.29, 1.82) is 0 Å². The van der Waals surface area contributed by atoms with E-state index in [-0.39, 0.29) is 5.91 Å². The molecule has 0 aromatic heterocycles. The van der Waals surface area contributed by atoms with Crippen LogP contribution in [-0.4, -0.2) is 43.7 Å². The van der Waals surface area contributed by atoms with Crippen molar-refractivity contribution >= 4 is 12.0 Å². The van der Waals surface area contributed by atoms with E-state index in [9.17, 15) is 4.79 Å². The van der Waals surface area contributed by atoms with Gasteiger partial charge in [0.15, 0.2) is 0 Å². The fourth-order valence-electron chi connectivity index (χ4n) is 3.42. The highest BCUT2D eigenvalue weighted by Gasteiger charge is 2.17. The van der Waals surface area contributed by atoms with Gasteiger partial charge in [0, 0.05) is 31.7 Å². The van der Waals surface area contributed by atoms with Crippen molar-refractivity contribution < 1.29 is 14.3 Å². The van der Waals surface area contributed by atoms with Crippen molar-refractivity contribution in [3.63, 3.8) is 0 Å². The number of hydrogen-bond donors (Lipinski definition) is 1. The lowest BCUT2D eigenvalue weighted by molar-refractivity contribution is -0.117. The smallest absolute Gasteiger partial charge is 0.250 e. The summed E-state index contributed by atoms with van der Waals surface area (Å²) in [6.45, 7) is 5.17. The van der Waals surface area contributed by atoms with E-state index in [1.165, 1.54) is 5.56 Å². The SMILES string of the molecule is O=C(NCc1ccccc1CN1CCOCC1)C1=Cc2ccccc2OC1. The maximum absolute atomic E-state index is 12.6. The van der Waals surface area contributed by atoms with Gasteiger partial charge >= 0.3 is 0 Å². The highest BCUT2D eigenvalue weighted by Crippen LogP contribution is 2.25. The van der Waals surface area contributed by atoms with Crippen LogP contribution >= 0.6 is 0 Å². The van der Waals surface area contributed by atoms with E-state index in [1.807, 2.05) is 36.4 Å². The van der Waals surface area contributed by atoms with Crippen molar-refractivity contribution in [1.82, 2.24) is 10.2 Å². The predicted molar refractivity (Wildman–Crippen MR) is 104 cm³/mol. The minimum atomic E-state index is -0.0781. The number of morpholine rings is 1. The number of ether oxygens (including phenoxy) is 2. The topological polar surface area (TPSA) is 50.8 Å². The summed E-state index contributed by atoms with van der Waals surface area (Å²) in [5.74, 6) is 0.746. The quantitative estimate of drug-likeness (QED) is 0.886. The molecule has 0 saturated carbocycles. The van der Waals surface area contributed by atoms with E-state index in [1.54, 1.807) is 0 Å². The number of hydrogen-bond acceptors (Lipinski definition) is 4. The zero-order valence-electron chi connectivity index (χ0n) is 15.3. The Morgan fingerprint density at radius 2 is 1.74 bits per heavy atom. The molecule has 0 unspecified atom stereocenters. The Hall–Kier alpha value is -2.63. The Morgan fingerprint density at radius 3 is 2.59 bits per heavy atom. The molecule has 1 fully saturated rings. The van der Waals surface area contributed by atoms with Gasteiger partial charge < -0.3 is 14.8 Å². The van der Waals surface area contributed by atoms with Crippen LogP contribution < -0.4 is 10.1 Å². The summed E-state index contributed by atoms with van der Waals surface area (Å²) in [5.41, 5.74) is 4.00. The lowest BCUT2D eigenvalue weighted by Crippen LogP contribution is -2.36. The molecule has 1 N–H and O–H groups in total. The maximum Gasteiger partial charge on any atom is 0.250 e. The van der Waals surface area contributed by atoms with Gasteiger partial charge in [-0.25, -0.2) is 0 Å². The number of carbonyl (C=O) groups excluding carboxylic acids is 1. The molecule has 2 aliphatic heterocycles. The molecule has 0 bridgehead atoms. The van der Waals surface area contributed by atoms with Crippen molar-refractivity contribution in [2.75, 3.05) is 32.9 Å². The lowest BCUT2D eigenvalue weighted by atomic mass is 10.1. The van der Waals surface area contributed by atoms with E-state index in [4.69, 9.17) is 9.47 Å². The first-order valence-electron chi connectivity index (χ1n) is 9.37. The Labute approximate surface area is 159 Å². The Kier molecular flexibility index (Phi) is 5.51. The van der Waals surface area contributed by atoms with Gasteiger partial charge in [-0.15, -0.1) is 0 Å². The molecule has 2 aromatic rings. The van der Waals surface area contributed by atoms with Gasteiger partial charge in [-0.05, 0) is 23.3 Å². The summed E-state index contributed by atoms with van der Waals surface area (Å²) in [6, 6.07) is 16.0. The molecule has 140 valence electrons. The highest BCUT2D eigenvalue weighted by atomic mass is 16.5. The third-order valence-electron chi connectivity index (χ3n) is 4.98. The standard InChI is InChI=1S/C22H24N2O3/c25-22(20-13-17-5-3-4-8-21(17)27-16-20)23-14-18-6-1-2-7-19(18)15-24-9-11-26-12-10-24/h1-8,13H,9-12,14-16H2,(H,23,25). The number of fused-ring (bicyclic) bond motifs is 1. The molecule has 2 aliphatic rings. The number of benzene rings is 2. The predicted octanol–water partition coefficient (Wildman–Crippen LogP) is 2.61. The Balaban J connectivity index is 1.40. The first kappa shape index (κ1) is 17.8. The van der Waals surface area contributed by atoms with Crippen LogP contribution in [0.1, 0.15) is 16.7 Å². The molecule has 5 nitrogen and oxygen atoms in total. The zero-order valence-corrected chi connectivity index (χ0v) is 15.3. The number of amides is 1. The van der Waals surface area contributed by atoms with Gasteiger partial charge in [0.25, 0.3) is 5.91 Å². The second kappa shape index (κ2) is 8.37. The molecule has 27 heavy (non-hydrogen) atoms. The van der Waals surface area contributed by atoms with Crippen LogP contribution in [0.2, 0.25) is 0 Å². The van der Waals surface area contributed by atoms with Gasteiger partial charge in [-0.3, -0.25) is 9.69 Å². The molecule has 1 saturated heterocycles. The van der Waals surface area contributed by atoms with Crippen molar-refractivity contribution in [2.45, 2.75) is 13.1 Å². The molecule has 2 aromatic carbocycles. The average Bonchev–Trinajstić information content (AvgIpc) is 2.73. The summed E-state index contributed by atoms with van der Waals surface area (Å²) in [7, 11) is 0. The van der Waals surface area contributed by atoms with E-state index in [2.05, 4.69) is 28.4 Å². The summed E-state index contributed by atoms with van der Waals surface area (Å²) in [6.07, 6.45) is 1.91. The summed E-state index contributed by atoms with van der Waals surface area (Å²) < 4.78 is 11.1. The second-order valence-corrected chi connectivity index (χ2v) is 6.84. The number of para-hydroxylation sites is 1. The van der Waals surface area contributed by atoms with Crippen LogP contribution in [0.4, 0.5) is 0 Å². The van der Waals surface area contributed by atoms with Crippen LogP contribution in [0, 0.1) is 0 Å². The normalized spacial score (nSPS) is 16.8. The van der Waals surface area contributed by atoms with Crippen molar-refractivity contribution in [2.24, 2.45) is 0 Å². The number of nitrogens with zero attached hydrogens (tertiary/aromatic N) is 1. The molecule has 1 amide bonds. The molecule has 0 atom stereocenters. The fourth-order valence-corrected chi connectivity index (χ4v) is 3.42. The van der Waals surface area contributed by atoms with Gasteiger partial charge in [0.2, 0.25) is 0 Å². The molecular weight excluding hydrogens is 340 g/mol. The summed E-state index contributed by atoms with van der Waals surface area (Å²) in [4.78, 5) is 15.0. The lowest BCUT2D eigenvalue weighted by Gasteiger charge is -2.27. The number of nitrogens with one attached hydrogen (secondary N) is 1. The number of rotatable bonds is 5. The largest absolute Gasteiger partial charge is 0.488 e. The van der Waals surface area contributed by atoms with Crippen LogP contribution in [0.15, 0.2) is 54.1 Å². The zero-order chi connectivity index (χ0) is 18.5. The first-order valence-corrected chi connectivity index (χ1v) is 9.37. The van der Waals surface area contributed by atoms with E-state index >= 15 is 0 Å². The van der Waals surface area contributed by atoms with Crippen LogP contribution in [-0.2, 0) is 22.6 Å². The Morgan fingerprint density at radius 1 is 1.00 bits per heavy atom. The van der Waals surface area contributed by atoms with Gasteiger partial charge in [0.05, 0.1) is 18.8 Å². The van der Waals surface area contributed by atoms with E-state index in [0.717, 1.165) is 49.7 Å². The molecular formula is C22H24N2O3. The van der Waals surface area contributed by atoms with Crippen molar-refractivity contribution in [3.8, 4) is 5.75 Å². The van der Waals surface area contributed by atoms with Crippen LogP contribution in [0.3, 0.4) is 0 Å². The minimum Gasteiger partial charge on any atom is -0.488 e. The third-order valence-corrected chi connectivity index (χ3v) is 4.98. The van der Waals surface area contributed by atoms with Crippen LogP contribution in [0.5, 0.6) is 5.75 Å². The summed E-state index contributed by atoms with van der Waals surface area (Å²) in [5, 5.41) is 3.05. The average molecular weight is 364 g/mol. The van der Waals surface area contributed by atoms with Crippen LogP contribution in [0.25, 0.3) is 6.08 Å². The Bertz CT molecular complexity index is 841. The van der Waals surface area contributed by atoms with Gasteiger partial charge in [-0.1, -0.05) is 42.5 Å². The monoisotopic (exact) mass is 364 g/mol.